The smallest absolute Gasteiger partial charge is 0.233 e. The van der Waals surface area contributed by atoms with E-state index in [-0.39, 0.29) is 23.7 Å². The van der Waals surface area contributed by atoms with E-state index in [2.05, 4.69) is 26.1 Å². The third kappa shape index (κ3) is 2.99. The van der Waals surface area contributed by atoms with E-state index < -0.39 is 0 Å². The zero-order chi connectivity index (χ0) is 14.0. The van der Waals surface area contributed by atoms with Gasteiger partial charge in [0.2, 0.25) is 11.8 Å². The molecule has 3 unspecified atom stereocenters. The van der Waals surface area contributed by atoms with Crippen molar-refractivity contribution in [1.29, 1.82) is 0 Å². The maximum absolute atomic E-state index is 12.2. The molecule has 2 amide bonds. The Morgan fingerprint density at radius 3 is 2.37 bits per heavy atom. The molecule has 1 saturated heterocycles. The van der Waals surface area contributed by atoms with Crippen molar-refractivity contribution < 1.29 is 9.59 Å². The molecular formula is C15H26N2O2. The van der Waals surface area contributed by atoms with Crippen LogP contribution in [0.2, 0.25) is 0 Å². The van der Waals surface area contributed by atoms with Crippen molar-refractivity contribution in [3.05, 3.63) is 0 Å². The monoisotopic (exact) mass is 266 g/mol. The Hall–Kier alpha value is -0.900. The lowest BCUT2D eigenvalue weighted by atomic mass is 10.00. The molecule has 3 atom stereocenters. The topological polar surface area (TPSA) is 49.4 Å². The molecule has 0 radical (unpaired) electrons. The third-order valence-corrected chi connectivity index (χ3v) is 4.54. The second kappa shape index (κ2) is 6.04. The molecule has 2 fully saturated rings. The number of carbonyl (C=O) groups excluding carboxylic acids is 2. The Labute approximate surface area is 115 Å². The first-order chi connectivity index (χ1) is 9.04. The third-order valence-electron chi connectivity index (χ3n) is 4.54. The van der Waals surface area contributed by atoms with Crippen molar-refractivity contribution >= 4 is 11.8 Å². The van der Waals surface area contributed by atoms with Crippen LogP contribution in [0, 0.1) is 17.8 Å². The van der Waals surface area contributed by atoms with Crippen molar-refractivity contribution in [2.45, 2.75) is 52.5 Å². The number of fused-ring (bicyclic) bond motifs is 1. The molecule has 1 N–H and O–H groups in total. The van der Waals surface area contributed by atoms with Gasteiger partial charge in [0, 0.05) is 12.6 Å². The van der Waals surface area contributed by atoms with Crippen molar-refractivity contribution in [2.24, 2.45) is 17.8 Å². The Bertz CT molecular complexity index is 332. The first-order valence-corrected chi connectivity index (χ1v) is 7.63. The van der Waals surface area contributed by atoms with Gasteiger partial charge in [-0.05, 0) is 45.1 Å². The normalized spacial score (nSPS) is 31.9. The molecule has 19 heavy (non-hydrogen) atoms. The van der Waals surface area contributed by atoms with E-state index >= 15 is 0 Å². The van der Waals surface area contributed by atoms with E-state index in [1.165, 1.54) is 4.90 Å². The van der Waals surface area contributed by atoms with E-state index in [9.17, 15) is 9.59 Å². The molecule has 0 spiro atoms. The Kier molecular flexibility index (Phi) is 4.61. The van der Waals surface area contributed by atoms with Crippen LogP contribution in [0.4, 0.5) is 0 Å². The molecule has 1 aliphatic carbocycles. The molecule has 2 rings (SSSR count). The summed E-state index contributed by atoms with van der Waals surface area (Å²) >= 11 is 0. The molecule has 1 aliphatic heterocycles. The quantitative estimate of drug-likeness (QED) is 0.746. The molecular weight excluding hydrogens is 240 g/mol. The first kappa shape index (κ1) is 14.5. The molecule has 4 heteroatoms. The lowest BCUT2D eigenvalue weighted by Gasteiger charge is -2.18. The number of hydrogen-bond acceptors (Lipinski definition) is 3. The lowest BCUT2D eigenvalue weighted by Crippen LogP contribution is -2.34. The molecule has 1 saturated carbocycles. The van der Waals surface area contributed by atoms with Crippen LogP contribution in [-0.2, 0) is 9.59 Å². The maximum Gasteiger partial charge on any atom is 0.233 e. The second-order valence-electron chi connectivity index (χ2n) is 6.22. The van der Waals surface area contributed by atoms with Crippen molar-refractivity contribution in [3.63, 3.8) is 0 Å². The highest BCUT2D eigenvalue weighted by molar-refractivity contribution is 6.05. The number of carbonyl (C=O) groups is 2. The number of rotatable bonds is 6. The predicted octanol–water partition coefficient (Wildman–Crippen LogP) is 1.80. The van der Waals surface area contributed by atoms with Crippen LogP contribution >= 0.6 is 0 Å². The first-order valence-electron chi connectivity index (χ1n) is 7.63. The minimum atomic E-state index is -0.00584. The molecule has 0 bridgehead atoms. The van der Waals surface area contributed by atoms with Crippen LogP contribution in [0.5, 0.6) is 0 Å². The maximum atomic E-state index is 12.2. The van der Waals surface area contributed by atoms with Crippen LogP contribution in [0.15, 0.2) is 0 Å². The summed E-state index contributed by atoms with van der Waals surface area (Å²) in [5.41, 5.74) is 0. The van der Waals surface area contributed by atoms with Crippen LogP contribution in [-0.4, -0.2) is 35.8 Å². The number of nitrogens with one attached hydrogen (secondary N) is 1. The minimum absolute atomic E-state index is 0.00584. The Morgan fingerprint density at radius 2 is 1.84 bits per heavy atom. The SMILES string of the molecule is CCNC(C)CCCN1C(=O)C2CC(C)CC2C1=O. The van der Waals surface area contributed by atoms with E-state index in [1.807, 2.05) is 0 Å². The summed E-state index contributed by atoms with van der Waals surface area (Å²) in [7, 11) is 0. The fourth-order valence-corrected chi connectivity index (χ4v) is 3.57. The summed E-state index contributed by atoms with van der Waals surface area (Å²) in [5.74, 6) is 0.701. The summed E-state index contributed by atoms with van der Waals surface area (Å²) in [5, 5.41) is 3.35. The van der Waals surface area contributed by atoms with Crippen LogP contribution < -0.4 is 5.32 Å². The fourth-order valence-electron chi connectivity index (χ4n) is 3.57. The average molecular weight is 266 g/mol. The number of hydrogen-bond donors (Lipinski definition) is 1. The minimum Gasteiger partial charge on any atom is -0.315 e. The van der Waals surface area contributed by atoms with Gasteiger partial charge in [-0.25, -0.2) is 0 Å². The number of nitrogens with zero attached hydrogens (tertiary/aromatic N) is 1. The van der Waals surface area contributed by atoms with Crippen LogP contribution in [0.1, 0.15) is 46.5 Å². The molecule has 0 aromatic rings. The van der Waals surface area contributed by atoms with E-state index in [4.69, 9.17) is 0 Å². The van der Waals surface area contributed by atoms with Gasteiger partial charge in [-0.3, -0.25) is 14.5 Å². The van der Waals surface area contributed by atoms with Crippen molar-refractivity contribution in [3.8, 4) is 0 Å². The summed E-state index contributed by atoms with van der Waals surface area (Å²) in [6.45, 7) is 7.95. The fraction of sp³-hybridized carbons (Fsp3) is 0.867. The number of amides is 2. The summed E-state index contributed by atoms with van der Waals surface area (Å²) in [6.07, 6.45) is 3.72. The van der Waals surface area contributed by atoms with Crippen molar-refractivity contribution in [1.82, 2.24) is 10.2 Å². The van der Waals surface area contributed by atoms with Gasteiger partial charge in [0.25, 0.3) is 0 Å². The zero-order valence-corrected chi connectivity index (χ0v) is 12.3. The van der Waals surface area contributed by atoms with Crippen molar-refractivity contribution in [2.75, 3.05) is 13.1 Å². The van der Waals surface area contributed by atoms with Gasteiger partial charge in [-0.1, -0.05) is 13.8 Å². The highest BCUT2D eigenvalue weighted by atomic mass is 16.2. The summed E-state index contributed by atoms with van der Waals surface area (Å²) in [6, 6.07) is 0.456. The summed E-state index contributed by atoms with van der Waals surface area (Å²) in [4.78, 5) is 26.0. The zero-order valence-electron chi connectivity index (χ0n) is 12.3. The van der Waals surface area contributed by atoms with E-state index in [0.717, 1.165) is 32.2 Å². The summed E-state index contributed by atoms with van der Waals surface area (Å²) < 4.78 is 0. The molecule has 108 valence electrons. The standard InChI is InChI=1S/C15H26N2O2/c1-4-16-11(3)6-5-7-17-14(18)12-8-10(2)9-13(12)15(17)19/h10-13,16H,4-9H2,1-3H3. The Balaban J connectivity index is 1.82. The Morgan fingerprint density at radius 1 is 1.26 bits per heavy atom. The van der Waals surface area contributed by atoms with E-state index in [0.29, 0.717) is 18.5 Å². The van der Waals surface area contributed by atoms with Gasteiger partial charge < -0.3 is 5.32 Å². The highest BCUT2D eigenvalue weighted by Gasteiger charge is 2.51. The number of likely N-dealkylation sites (tertiary alicyclic amines) is 1. The molecule has 2 aliphatic rings. The molecule has 0 aromatic heterocycles. The second-order valence-corrected chi connectivity index (χ2v) is 6.22. The molecule has 4 nitrogen and oxygen atoms in total. The van der Waals surface area contributed by atoms with Gasteiger partial charge >= 0.3 is 0 Å². The average Bonchev–Trinajstić information content (AvgIpc) is 2.83. The largest absolute Gasteiger partial charge is 0.315 e. The van der Waals surface area contributed by atoms with Crippen LogP contribution in [0.25, 0.3) is 0 Å². The van der Waals surface area contributed by atoms with Gasteiger partial charge in [0.1, 0.15) is 0 Å². The molecule has 1 heterocycles. The van der Waals surface area contributed by atoms with Gasteiger partial charge in [0.15, 0.2) is 0 Å². The lowest BCUT2D eigenvalue weighted by molar-refractivity contribution is -0.140. The molecule has 0 aromatic carbocycles. The van der Waals surface area contributed by atoms with E-state index in [1.54, 1.807) is 0 Å². The van der Waals surface area contributed by atoms with Crippen LogP contribution in [0.3, 0.4) is 0 Å². The highest BCUT2D eigenvalue weighted by Crippen LogP contribution is 2.42. The van der Waals surface area contributed by atoms with Gasteiger partial charge in [0.05, 0.1) is 11.8 Å². The predicted molar refractivity (Wildman–Crippen MR) is 74.5 cm³/mol. The van der Waals surface area contributed by atoms with Gasteiger partial charge in [-0.2, -0.15) is 0 Å². The van der Waals surface area contributed by atoms with Gasteiger partial charge in [-0.15, -0.1) is 0 Å². The number of imide groups is 1.